The van der Waals surface area contributed by atoms with Gasteiger partial charge in [0.2, 0.25) is 0 Å². The summed E-state index contributed by atoms with van der Waals surface area (Å²) in [6.07, 6.45) is 8.75. The molecule has 1 N–H and O–H groups in total. The molecule has 0 spiro atoms. The van der Waals surface area contributed by atoms with Gasteiger partial charge in [-0.25, -0.2) is 4.99 Å². The van der Waals surface area contributed by atoms with Gasteiger partial charge < -0.3 is 10.2 Å². The molecule has 2 aromatic rings. The molecule has 4 nitrogen and oxygen atoms in total. The van der Waals surface area contributed by atoms with Gasteiger partial charge in [-0.1, -0.05) is 43.7 Å². The van der Waals surface area contributed by atoms with Crippen molar-refractivity contribution in [1.29, 1.82) is 0 Å². The average molecular weight is 347 g/mol. The summed E-state index contributed by atoms with van der Waals surface area (Å²) in [6.45, 7) is 3.87. The van der Waals surface area contributed by atoms with Crippen LogP contribution >= 0.6 is 0 Å². The summed E-state index contributed by atoms with van der Waals surface area (Å²) in [5, 5.41) is 5.18. The SMILES string of the molecule is CCc1ccc(C(=O)NC2=NC=CN(CC3CCC3)C2)c2ccccc12. The molecule has 1 amide bonds. The highest BCUT2D eigenvalue weighted by Gasteiger charge is 2.22. The lowest BCUT2D eigenvalue weighted by Crippen LogP contribution is -2.41. The van der Waals surface area contributed by atoms with Gasteiger partial charge in [-0.05, 0) is 47.6 Å². The van der Waals surface area contributed by atoms with Crippen molar-refractivity contribution in [3.8, 4) is 0 Å². The molecule has 1 aliphatic heterocycles. The zero-order valence-electron chi connectivity index (χ0n) is 15.2. The second-order valence-corrected chi connectivity index (χ2v) is 7.23. The van der Waals surface area contributed by atoms with E-state index in [4.69, 9.17) is 0 Å². The van der Waals surface area contributed by atoms with Gasteiger partial charge in [0.15, 0.2) is 0 Å². The number of aliphatic imine (C=N–C) groups is 1. The molecule has 0 unspecified atom stereocenters. The van der Waals surface area contributed by atoms with Crippen LogP contribution in [0.2, 0.25) is 0 Å². The van der Waals surface area contributed by atoms with Crippen LogP contribution in [-0.2, 0) is 6.42 Å². The van der Waals surface area contributed by atoms with E-state index in [1.165, 1.54) is 24.8 Å². The van der Waals surface area contributed by atoms with Crippen molar-refractivity contribution < 1.29 is 4.79 Å². The molecule has 4 heteroatoms. The van der Waals surface area contributed by atoms with Crippen molar-refractivity contribution in [2.45, 2.75) is 32.6 Å². The Morgan fingerprint density at radius 3 is 2.73 bits per heavy atom. The van der Waals surface area contributed by atoms with Crippen molar-refractivity contribution in [2.24, 2.45) is 10.9 Å². The van der Waals surface area contributed by atoms with Gasteiger partial charge in [-0.15, -0.1) is 0 Å². The highest BCUT2D eigenvalue weighted by atomic mass is 16.1. The molecule has 0 atom stereocenters. The molecule has 0 aromatic heterocycles. The maximum atomic E-state index is 12.9. The monoisotopic (exact) mass is 347 g/mol. The number of carbonyl (C=O) groups excluding carboxylic acids is 1. The van der Waals surface area contributed by atoms with Crippen LogP contribution in [0.4, 0.5) is 0 Å². The number of rotatable bonds is 4. The van der Waals surface area contributed by atoms with Crippen molar-refractivity contribution in [2.75, 3.05) is 13.1 Å². The lowest BCUT2D eigenvalue weighted by Gasteiger charge is -2.32. The number of carbonyl (C=O) groups is 1. The number of fused-ring (bicyclic) bond motifs is 1. The van der Waals surface area contributed by atoms with Crippen LogP contribution in [0.25, 0.3) is 10.8 Å². The largest absolute Gasteiger partial charge is 0.368 e. The quantitative estimate of drug-likeness (QED) is 0.904. The first-order valence-electron chi connectivity index (χ1n) is 9.54. The van der Waals surface area contributed by atoms with E-state index in [2.05, 4.69) is 34.3 Å². The standard InChI is InChI=1S/C22H25N3O/c1-2-17-10-11-20(19-9-4-3-8-18(17)19)22(26)24-21-15-25(13-12-23-21)14-16-6-5-7-16/h3-4,8-13,16H,2,5-7,14-15H2,1H3,(H,23,24,26). The van der Waals surface area contributed by atoms with E-state index in [-0.39, 0.29) is 5.91 Å². The number of amidine groups is 1. The minimum atomic E-state index is -0.0819. The van der Waals surface area contributed by atoms with Gasteiger partial charge in [-0.3, -0.25) is 4.79 Å². The fourth-order valence-corrected chi connectivity index (χ4v) is 3.77. The first kappa shape index (κ1) is 16.8. The van der Waals surface area contributed by atoms with Crippen LogP contribution in [0.3, 0.4) is 0 Å². The second-order valence-electron chi connectivity index (χ2n) is 7.23. The van der Waals surface area contributed by atoms with Crippen LogP contribution in [0, 0.1) is 5.92 Å². The van der Waals surface area contributed by atoms with E-state index in [0.717, 1.165) is 35.5 Å². The topological polar surface area (TPSA) is 44.7 Å². The molecule has 2 aliphatic rings. The summed E-state index contributed by atoms with van der Waals surface area (Å²) in [5.41, 5.74) is 1.97. The molecule has 1 aliphatic carbocycles. The van der Waals surface area contributed by atoms with E-state index < -0.39 is 0 Å². The molecular formula is C22H25N3O. The minimum Gasteiger partial charge on any atom is -0.368 e. The summed E-state index contributed by atoms with van der Waals surface area (Å²) < 4.78 is 0. The second kappa shape index (κ2) is 7.32. The minimum absolute atomic E-state index is 0.0819. The third-order valence-electron chi connectivity index (χ3n) is 5.48. The van der Waals surface area contributed by atoms with Crippen LogP contribution in [0.1, 0.15) is 42.1 Å². The highest BCUT2D eigenvalue weighted by molar-refractivity contribution is 6.14. The van der Waals surface area contributed by atoms with Gasteiger partial charge in [0, 0.05) is 24.5 Å². The van der Waals surface area contributed by atoms with E-state index >= 15 is 0 Å². The Morgan fingerprint density at radius 2 is 2.00 bits per heavy atom. The number of hydrogen-bond acceptors (Lipinski definition) is 3. The first-order chi connectivity index (χ1) is 12.7. The van der Waals surface area contributed by atoms with Gasteiger partial charge in [-0.2, -0.15) is 0 Å². The maximum Gasteiger partial charge on any atom is 0.257 e. The molecule has 0 radical (unpaired) electrons. The molecule has 0 bridgehead atoms. The molecule has 4 rings (SSSR count). The van der Waals surface area contributed by atoms with Crippen LogP contribution in [0.5, 0.6) is 0 Å². The molecule has 1 fully saturated rings. The Hall–Kier alpha value is -2.62. The summed E-state index contributed by atoms with van der Waals surface area (Å²) in [4.78, 5) is 19.5. The fraction of sp³-hybridized carbons (Fsp3) is 0.364. The van der Waals surface area contributed by atoms with Gasteiger partial charge >= 0.3 is 0 Å². The zero-order valence-corrected chi connectivity index (χ0v) is 15.2. The number of amides is 1. The maximum absolute atomic E-state index is 12.9. The Bertz CT molecular complexity index is 880. The lowest BCUT2D eigenvalue weighted by molar-refractivity contribution is 0.0977. The lowest BCUT2D eigenvalue weighted by atomic mass is 9.85. The molecule has 134 valence electrons. The molecule has 26 heavy (non-hydrogen) atoms. The predicted octanol–water partition coefficient (Wildman–Crippen LogP) is 4.12. The summed E-state index contributed by atoms with van der Waals surface area (Å²) in [5.74, 6) is 1.43. The molecular weight excluding hydrogens is 322 g/mol. The van der Waals surface area contributed by atoms with Crippen molar-refractivity contribution >= 4 is 22.5 Å². The smallest absolute Gasteiger partial charge is 0.257 e. The highest BCUT2D eigenvalue weighted by Crippen LogP contribution is 2.27. The predicted molar refractivity (Wildman–Crippen MR) is 106 cm³/mol. The molecule has 2 aromatic carbocycles. The van der Waals surface area contributed by atoms with Gasteiger partial charge in [0.25, 0.3) is 5.91 Å². The number of benzene rings is 2. The normalized spacial score (nSPS) is 17.1. The van der Waals surface area contributed by atoms with Crippen LogP contribution in [-0.4, -0.2) is 29.7 Å². The Morgan fingerprint density at radius 1 is 1.19 bits per heavy atom. The summed E-state index contributed by atoms with van der Waals surface area (Å²) in [6, 6.07) is 12.1. The fourth-order valence-electron chi connectivity index (χ4n) is 3.77. The van der Waals surface area contributed by atoms with Crippen molar-refractivity contribution in [3.63, 3.8) is 0 Å². The van der Waals surface area contributed by atoms with Crippen LogP contribution in [0.15, 0.2) is 53.8 Å². The summed E-state index contributed by atoms with van der Waals surface area (Å²) in [7, 11) is 0. The summed E-state index contributed by atoms with van der Waals surface area (Å²) >= 11 is 0. The third kappa shape index (κ3) is 3.36. The van der Waals surface area contributed by atoms with E-state index in [9.17, 15) is 4.79 Å². The van der Waals surface area contributed by atoms with E-state index in [0.29, 0.717) is 12.1 Å². The molecule has 1 saturated carbocycles. The Labute approximate surface area is 154 Å². The van der Waals surface area contributed by atoms with E-state index in [1.54, 1.807) is 6.20 Å². The molecule has 0 saturated heterocycles. The van der Waals surface area contributed by atoms with Gasteiger partial charge in [0.1, 0.15) is 5.84 Å². The van der Waals surface area contributed by atoms with E-state index in [1.807, 2.05) is 30.5 Å². The average Bonchev–Trinajstić information content (AvgIpc) is 2.64. The first-order valence-corrected chi connectivity index (χ1v) is 9.54. The number of nitrogens with one attached hydrogen (secondary N) is 1. The van der Waals surface area contributed by atoms with Crippen LogP contribution < -0.4 is 5.32 Å². The number of hydrogen-bond donors (Lipinski definition) is 1. The third-order valence-corrected chi connectivity index (χ3v) is 5.48. The zero-order chi connectivity index (χ0) is 17.9. The van der Waals surface area contributed by atoms with Gasteiger partial charge in [0.05, 0.1) is 6.54 Å². The number of nitrogens with zero attached hydrogens (tertiary/aromatic N) is 2. The Balaban J connectivity index is 1.51. The molecule has 1 heterocycles. The Kier molecular flexibility index (Phi) is 4.74. The number of aryl methyl sites for hydroxylation is 1. The van der Waals surface area contributed by atoms with Crippen molar-refractivity contribution in [3.05, 3.63) is 59.9 Å². The van der Waals surface area contributed by atoms with Crippen molar-refractivity contribution in [1.82, 2.24) is 10.2 Å².